The molecule has 1 aliphatic heterocycles. The molecule has 0 bridgehead atoms. The molecule has 148 valence electrons. The fraction of sp³-hybridized carbons (Fsp3) is 0.389. The number of nitrogens with zero attached hydrogens (tertiary/aromatic N) is 3. The van der Waals surface area contributed by atoms with Gasteiger partial charge in [0.25, 0.3) is 0 Å². The molecule has 1 aliphatic rings. The molecule has 0 fully saturated rings. The number of aromatic nitrogens is 1. The summed E-state index contributed by atoms with van der Waals surface area (Å²) >= 11 is 1.81. The van der Waals surface area contributed by atoms with Crippen LogP contribution in [-0.4, -0.2) is 63.3 Å². The van der Waals surface area contributed by atoms with Gasteiger partial charge in [-0.25, -0.2) is 13.4 Å². The highest BCUT2D eigenvalue weighted by Gasteiger charge is 2.30. The lowest BCUT2D eigenvalue weighted by Crippen LogP contribution is -2.47. The average molecular weight is 412 g/mol. The predicted molar refractivity (Wildman–Crippen MR) is 106 cm³/mol. The minimum Gasteiger partial charge on any atom is -0.726 e. The van der Waals surface area contributed by atoms with Crippen LogP contribution in [0.2, 0.25) is 0 Å². The van der Waals surface area contributed by atoms with E-state index in [1.807, 2.05) is 24.0 Å². The van der Waals surface area contributed by atoms with Crippen LogP contribution in [0, 0.1) is 0 Å². The van der Waals surface area contributed by atoms with Gasteiger partial charge in [-0.2, -0.15) is 0 Å². The lowest BCUT2D eigenvalue weighted by atomic mass is 10.2. The third-order valence-electron chi connectivity index (χ3n) is 3.78. The molecule has 0 N–H and O–H groups in total. The minimum absolute atomic E-state index is 0.390. The molecule has 9 heteroatoms. The van der Waals surface area contributed by atoms with Crippen LogP contribution in [0.5, 0.6) is 0 Å². The maximum absolute atomic E-state index is 9.22. The van der Waals surface area contributed by atoms with Gasteiger partial charge >= 0.3 is 0 Å². The van der Waals surface area contributed by atoms with Gasteiger partial charge in [-0.05, 0) is 31.2 Å². The highest BCUT2D eigenvalue weighted by molar-refractivity contribution is 7.99. The van der Waals surface area contributed by atoms with Gasteiger partial charge in [0.2, 0.25) is 10.4 Å². The summed E-state index contributed by atoms with van der Waals surface area (Å²) in [5, 5.41) is 0. The summed E-state index contributed by atoms with van der Waals surface area (Å²) in [6, 6.07) is 13.2. The number of fused-ring (bicyclic) bond motifs is 2. The van der Waals surface area contributed by atoms with Crippen molar-refractivity contribution in [2.45, 2.75) is 22.8 Å². The van der Waals surface area contributed by atoms with Crippen molar-refractivity contribution in [3.05, 3.63) is 42.6 Å². The van der Waals surface area contributed by atoms with E-state index in [9.17, 15) is 13.0 Å². The van der Waals surface area contributed by atoms with E-state index in [0.29, 0.717) is 6.04 Å². The number of benzene rings is 1. The molecule has 2 heterocycles. The Morgan fingerprint density at radius 3 is 2.37 bits per heavy atom. The van der Waals surface area contributed by atoms with Crippen LogP contribution in [0.4, 0.5) is 11.5 Å². The second-order valence-electron chi connectivity index (χ2n) is 7.16. The van der Waals surface area contributed by atoms with Crippen molar-refractivity contribution in [1.82, 2.24) is 4.98 Å². The number of anilines is 2. The van der Waals surface area contributed by atoms with Crippen molar-refractivity contribution in [3.8, 4) is 0 Å². The van der Waals surface area contributed by atoms with E-state index >= 15 is 0 Å². The zero-order valence-electron chi connectivity index (χ0n) is 16.1. The van der Waals surface area contributed by atoms with E-state index in [4.69, 9.17) is 0 Å². The zero-order valence-corrected chi connectivity index (χ0v) is 17.8. The Hall–Kier alpha value is -1.65. The Kier molecular flexibility index (Phi) is 6.87. The molecule has 0 amide bonds. The molecule has 0 saturated carbocycles. The number of para-hydroxylation sites is 1. The molecule has 27 heavy (non-hydrogen) atoms. The molecule has 1 atom stereocenters. The summed E-state index contributed by atoms with van der Waals surface area (Å²) in [7, 11) is 3.11. The molecule has 0 spiro atoms. The molecule has 3 rings (SSSR count). The van der Waals surface area contributed by atoms with Gasteiger partial charge in [0.1, 0.15) is 5.82 Å². The van der Waals surface area contributed by atoms with Gasteiger partial charge in [-0.3, -0.25) is 4.18 Å². The second-order valence-corrected chi connectivity index (χ2v) is 9.40. The molecule has 7 nitrogen and oxygen atoms in total. The highest BCUT2D eigenvalue weighted by atomic mass is 32.3. The summed E-state index contributed by atoms with van der Waals surface area (Å²) in [5.41, 5.74) is 1.27. The first-order valence-corrected chi connectivity index (χ1v) is 10.5. The molecule has 1 unspecified atom stereocenters. The summed E-state index contributed by atoms with van der Waals surface area (Å²) < 4.78 is 32.0. The van der Waals surface area contributed by atoms with Gasteiger partial charge in [-0.1, -0.05) is 23.9 Å². The Morgan fingerprint density at radius 2 is 1.78 bits per heavy atom. The van der Waals surface area contributed by atoms with E-state index in [1.54, 1.807) is 0 Å². The molecule has 0 radical (unpaired) electrons. The van der Waals surface area contributed by atoms with Crippen LogP contribution >= 0.6 is 11.8 Å². The van der Waals surface area contributed by atoms with Gasteiger partial charge in [-0.15, -0.1) is 0 Å². The molecule has 1 aromatic heterocycles. The number of hydrogen-bond acceptors (Lipinski definition) is 7. The van der Waals surface area contributed by atoms with Gasteiger partial charge in [0.15, 0.2) is 0 Å². The van der Waals surface area contributed by atoms with Crippen molar-refractivity contribution in [2.24, 2.45) is 0 Å². The Bertz CT molecular complexity index is 837. The quantitative estimate of drug-likeness (QED) is 0.435. The fourth-order valence-electron chi connectivity index (χ4n) is 2.94. The highest BCUT2D eigenvalue weighted by Crippen LogP contribution is 2.47. The fourth-order valence-corrected chi connectivity index (χ4v) is 3.98. The molecule has 0 aliphatic carbocycles. The predicted octanol–water partition coefficient (Wildman–Crippen LogP) is 2.87. The van der Waals surface area contributed by atoms with E-state index in [2.05, 4.69) is 72.5 Å². The summed E-state index contributed by atoms with van der Waals surface area (Å²) in [6.07, 6.45) is 1.89. The first-order chi connectivity index (χ1) is 12.5. The van der Waals surface area contributed by atoms with E-state index in [0.717, 1.165) is 24.0 Å². The number of quaternary nitrogens is 1. The molecule has 1 aromatic carbocycles. The van der Waals surface area contributed by atoms with Crippen molar-refractivity contribution in [1.29, 1.82) is 0 Å². The van der Waals surface area contributed by atoms with Gasteiger partial charge < -0.3 is 13.9 Å². The molecular weight excluding hydrogens is 386 g/mol. The van der Waals surface area contributed by atoms with Gasteiger partial charge in [0, 0.05) is 11.1 Å². The average Bonchev–Trinajstić information content (AvgIpc) is 2.58. The summed E-state index contributed by atoms with van der Waals surface area (Å²) in [6.45, 7) is 3.35. The number of hydrogen-bond donors (Lipinski definition) is 0. The third-order valence-corrected chi connectivity index (χ3v) is 5.29. The van der Waals surface area contributed by atoms with Crippen LogP contribution < -0.4 is 4.90 Å². The maximum Gasteiger partial charge on any atom is 0.217 e. The van der Waals surface area contributed by atoms with E-state index < -0.39 is 10.4 Å². The van der Waals surface area contributed by atoms with E-state index in [1.165, 1.54) is 15.5 Å². The standard InChI is InChI=1S/C17H22N3S.CH4O4S/c1-13(12-20(2,3)4)19-14-8-5-6-9-15(14)21-16-10-7-11-18-17(16)19;1-5-6(2,3)4/h5-11,13H,12H2,1-4H3;1H3,(H,2,3,4)/q+1;/p-1. The summed E-state index contributed by atoms with van der Waals surface area (Å²) in [5.74, 6) is 1.09. The molecule has 0 saturated heterocycles. The van der Waals surface area contributed by atoms with Crippen LogP contribution in [0.3, 0.4) is 0 Å². The summed E-state index contributed by atoms with van der Waals surface area (Å²) in [4.78, 5) is 9.59. The van der Waals surface area contributed by atoms with Crippen molar-refractivity contribution in [2.75, 3.05) is 39.7 Å². The molecule has 2 aromatic rings. The number of likely N-dealkylation sites (N-methyl/N-ethyl adjacent to an activating group) is 1. The van der Waals surface area contributed by atoms with Gasteiger partial charge in [0.05, 0.1) is 51.4 Å². The monoisotopic (exact) mass is 411 g/mol. The Morgan fingerprint density at radius 1 is 1.19 bits per heavy atom. The van der Waals surface area contributed by atoms with Crippen molar-refractivity contribution >= 4 is 33.7 Å². The minimum atomic E-state index is -4.41. The number of rotatable bonds is 4. The van der Waals surface area contributed by atoms with Crippen molar-refractivity contribution in [3.63, 3.8) is 0 Å². The molecular formula is C18H25N3O4S2. The van der Waals surface area contributed by atoms with Crippen LogP contribution in [-0.2, 0) is 14.6 Å². The van der Waals surface area contributed by atoms with Crippen LogP contribution in [0.1, 0.15) is 6.92 Å². The second kappa shape index (κ2) is 8.57. The smallest absolute Gasteiger partial charge is 0.217 e. The normalized spacial score (nSPS) is 14.5. The van der Waals surface area contributed by atoms with Crippen molar-refractivity contribution < 1.29 is 21.6 Å². The Labute approximate surface area is 165 Å². The third kappa shape index (κ3) is 6.18. The number of pyridine rings is 1. The van der Waals surface area contributed by atoms with Crippen LogP contribution in [0.15, 0.2) is 52.4 Å². The van der Waals surface area contributed by atoms with E-state index in [-0.39, 0.29) is 0 Å². The topological polar surface area (TPSA) is 82.6 Å². The first kappa shape index (κ1) is 21.6. The Balaban J connectivity index is 0.000000380. The zero-order chi connectivity index (χ0) is 20.2. The largest absolute Gasteiger partial charge is 0.726 e. The lowest BCUT2D eigenvalue weighted by Gasteiger charge is -2.38. The maximum atomic E-state index is 9.22. The lowest BCUT2D eigenvalue weighted by molar-refractivity contribution is -0.870. The first-order valence-electron chi connectivity index (χ1n) is 8.35. The SMILES string of the molecule is CC(C[N+](C)(C)C)N1c2ccccc2Sc2cccnc21.COS(=O)(=O)[O-]. The van der Waals surface area contributed by atoms with Crippen LogP contribution in [0.25, 0.3) is 0 Å².